The standard InChI is InChI=1S/C32H50/c1-2-3-4-5-6-7-8-9-10-11-12-13-14-15-16-17-18-19-20-21-25-30-27-24-28-31-26-22-23-29-32(30)31/h6-7,22-24,26-29H,2-5,8-21,25H2,1H3/b7-6+. The highest BCUT2D eigenvalue weighted by atomic mass is 14.1. The molecular formula is C32H50. The first kappa shape index (κ1) is 26.7. The summed E-state index contributed by atoms with van der Waals surface area (Å²) in [5, 5.41) is 2.83. The largest absolute Gasteiger partial charge is 0.0885 e. The Morgan fingerprint density at radius 1 is 0.500 bits per heavy atom. The average Bonchev–Trinajstić information content (AvgIpc) is 2.83. The highest BCUT2D eigenvalue weighted by molar-refractivity contribution is 5.85. The van der Waals surface area contributed by atoms with E-state index in [1.807, 2.05) is 0 Å². The van der Waals surface area contributed by atoms with Crippen LogP contribution in [0.4, 0.5) is 0 Å². The molecule has 2 rings (SSSR count). The van der Waals surface area contributed by atoms with E-state index in [9.17, 15) is 0 Å². The Hall–Kier alpha value is -1.56. The minimum atomic E-state index is 1.23. The number of rotatable bonds is 20. The van der Waals surface area contributed by atoms with Gasteiger partial charge in [0.25, 0.3) is 0 Å². The van der Waals surface area contributed by atoms with Gasteiger partial charge in [-0.1, -0.05) is 145 Å². The quantitative estimate of drug-likeness (QED) is 0.143. The van der Waals surface area contributed by atoms with Crippen molar-refractivity contribution in [3.63, 3.8) is 0 Å². The number of aryl methyl sites for hydroxylation is 1. The minimum Gasteiger partial charge on any atom is -0.0885 e. The van der Waals surface area contributed by atoms with Crippen molar-refractivity contribution in [2.45, 2.75) is 129 Å². The van der Waals surface area contributed by atoms with Gasteiger partial charge in [-0.15, -0.1) is 0 Å². The number of hydrogen-bond acceptors (Lipinski definition) is 0. The molecule has 0 amide bonds. The Bertz CT molecular complexity index is 706. The molecule has 0 N–H and O–H groups in total. The van der Waals surface area contributed by atoms with Gasteiger partial charge in [-0.25, -0.2) is 0 Å². The van der Waals surface area contributed by atoms with Crippen molar-refractivity contribution < 1.29 is 0 Å². The van der Waals surface area contributed by atoms with Crippen molar-refractivity contribution in [2.24, 2.45) is 0 Å². The predicted molar refractivity (Wildman–Crippen MR) is 146 cm³/mol. The summed E-state index contributed by atoms with van der Waals surface area (Å²) in [5.41, 5.74) is 1.53. The van der Waals surface area contributed by atoms with Crippen LogP contribution in [0.15, 0.2) is 54.6 Å². The normalized spacial score (nSPS) is 11.7. The highest BCUT2D eigenvalue weighted by Crippen LogP contribution is 2.21. The van der Waals surface area contributed by atoms with Crippen LogP contribution >= 0.6 is 0 Å². The highest BCUT2D eigenvalue weighted by Gasteiger charge is 2.00. The van der Waals surface area contributed by atoms with Crippen LogP contribution in [0, 0.1) is 0 Å². The molecule has 0 radical (unpaired) electrons. The molecule has 0 aromatic heterocycles. The molecule has 0 heteroatoms. The molecule has 32 heavy (non-hydrogen) atoms. The van der Waals surface area contributed by atoms with Gasteiger partial charge < -0.3 is 0 Å². The molecule has 178 valence electrons. The van der Waals surface area contributed by atoms with Crippen LogP contribution in [0.1, 0.15) is 128 Å². The van der Waals surface area contributed by atoms with E-state index in [2.05, 4.69) is 61.5 Å². The number of unbranched alkanes of at least 4 members (excludes halogenated alkanes) is 16. The van der Waals surface area contributed by atoms with Crippen LogP contribution in [0.25, 0.3) is 10.8 Å². The summed E-state index contributed by atoms with van der Waals surface area (Å²) in [6, 6.07) is 15.6. The minimum absolute atomic E-state index is 1.23. The summed E-state index contributed by atoms with van der Waals surface area (Å²) in [6.07, 6.45) is 31.3. The van der Waals surface area contributed by atoms with Gasteiger partial charge in [0.1, 0.15) is 0 Å². The lowest BCUT2D eigenvalue weighted by atomic mass is 9.99. The van der Waals surface area contributed by atoms with E-state index in [-0.39, 0.29) is 0 Å². The lowest BCUT2D eigenvalue weighted by Crippen LogP contribution is -1.88. The summed E-state index contributed by atoms with van der Waals surface area (Å²) >= 11 is 0. The number of benzene rings is 2. The third-order valence-corrected chi connectivity index (χ3v) is 6.84. The zero-order chi connectivity index (χ0) is 22.5. The Kier molecular flexibility index (Phi) is 15.8. The zero-order valence-electron chi connectivity index (χ0n) is 21.1. The molecule has 0 unspecified atom stereocenters. The van der Waals surface area contributed by atoms with Crippen molar-refractivity contribution in [3.05, 3.63) is 60.2 Å². The first-order chi connectivity index (χ1) is 15.9. The van der Waals surface area contributed by atoms with Gasteiger partial charge in [-0.05, 0) is 54.9 Å². The van der Waals surface area contributed by atoms with Gasteiger partial charge in [0.2, 0.25) is 0 Å². The van der Waals surface area contributed by atoms with E-state index in [1.54, 1.807) is 0 Å². The molecule has 0 aliphatic heterocycles. The molecule has 0 aliphatic rings. The molecule has 0 bridgehead atoms. The van der Waals surface area contributed by atoms with Crippen LogP contribution in [0.3, 0.4) is 0 Å². The van der Waals surface area contributed by atoms with Gasteiger partial charge in [0.05, 0.1) is 0 Å². The predicted octanol–water partition coefficient (Wildman–Crippen LogP) is 11.0. The van der Waals surface area contributed by atoms with Crippen molar-refractivity contribution in [1.29, 1.82) is 0 Å². The Morgan fingerprint density at radius 2 is 1.00 bits per heavy atom. The Labute approximate surface area is 199 Å². The molecular weight excluding hydrogens is 384 g/mol. The second-order valence-electron chi connectivity index (χ2n) is 9.74. The molecule has 0 aliphatic carbocycles. The lowest BCUT2D eigenvalue weighted by molar-refractivity contribution is 0.537. The summed E-state index contributed by atoms with van der Waals surface area (Å²) in [4.78, 5) is 0. The molecule has 0 fully saturated rings. The fourth-order valence-corrected chi connectivity index (χ4v) is 4.78. The first-order valence-electron chi connectivity index (χ1n) is 14.0. The maximum atomic E-state index is 2.42. The molecule has 0 saturated heterocycles. The third kappa shape index (κ3) is 12.5. The van der Waals surface area contributed by atoms with Crippen LogP contribution in [-0.2, 0) is 6.42 Å². The van der Waals surface area contributed by atoms with E-state index in [0.717, 1.165) is 0 Å². The van der Waals surface area contributed by atoms with Crippen molar-refractivity contribution in [1.82, 2.24) is 0 Å². The van der Waals surface area contributed by atoms with Crippen molar-refractivity contribution >= 4 is 10.8 Å². The maximum Gasteiger partial charge on any atom is -0.0152 e. The van der Waals surface area contributed by atoms with E-state index in [4.69, 9.17) is 0 Å². The Balaban J connectivity index is 1.32. The van der Waals surface area contributed by atoms with E-state index in [1.165, 1.54) is 138 Å². The summed E-state index contributed by atoms with van der Waals surface area (Å²) < 4.78 is 0. The van der Waals surface area contributed by atoms with Gasteiger partial charge >= 0.3 is 0 Å². The van der Waals surface area contributed by atoms with Gasteiger partial charge in [0.15, 0.2) is 0 Å². The molecule has 2 aromatic rings. The number of fused-ring (bicyclic) bond motifs is 1. The van der Waals surface area contributed by atoms with Gasteiger partial charge in [-0.2, -0.15) is 0 Å². The fraction of sp³-hybridized carbons (Fsp3) is 0.625. The molecule has 0 atom stereocenters. The summed E-state index contributed by atoms with van der Waals surface area (Å²) in [7, 11) is 0. The first-order valence-corrected chi connectivity index (χ1v) is 14.0. The summed E-state index contributed by atoms with van der Waals surface area (Å²) in [6.45, 7) is 2.28. The summed E-state index contributed by atoms with van der Waals surface area (Å²) in [5.74, 6) is 0. The molecule has 2 aromatic carbocycles. The third-order valence-electron chi connectivity index (χ3n) is 6.84. The van der Waals surface area contributed by atoms with E-state index in [0.29, 0.717) is 0 Å². The molecule has 0 spiro atoms. The fourth-order valence-electron chi connectivity index (χ4n) is 4.78. The van der Waals surface area contributed by atoms with E-state index >= 15 is 0 Å². The number of hydrogen-bond donors (Lipinski definition) is 0. The second-order valence-corrected chi connectivity index (χ2v) is 9.74. The van der Waals surface area contributed by atoms with Gasteiger partial charge in [0, 0.05) is 0 Å². The SMILES string of the molecule is CCCCC/C=C/CCCCCCCCCCCCCCCc1cccc2ccccc12. The van der Waals surface area contributed by atoms with Crippen LogP contribution < -0.4 is 0 Å². The molecule has 0 saturated carbocycles. The topological polar surface area (TPSA) is 0 Å². The van der Waals surface area contributed by atoms with Crippen molar-refractivity contribution in [2.75, 3.05) is 0 Å². The monoisotopic (exact) mass is 434 g/mol. The lowest BCUT2D eigenvalue weighted by Gasteiger charge is -2.07. The van der Waals surface area contributed by atoms with E-state index < -0.39 is 0 Å². The molecule has 0 nitrogen and oxygen atoms in total. The van der Waals surface area contributed by atoms with Crippen molar-refractivity contribution in [3.8, 4) is 0 Å². The van der Waals surface area contributed by atoms with Gasteiger partial charge in [-0.3, -0.25) is 0 Å². The van der Waals surface area contributed by atoms with Crippen LogP contribution in [0.5, 0.6) is 0 Å². The second kappa shape index (κ2) is 19.0. The molecule has 0 heterocycles. The zero-order valence-corrected chi connectivity index (χ0v) is 21.1. The number of allylic oxidation sites excluding steroid dienone is 2. The maximum absolute atomic E-state index is 2.42. The van der Waals surface area contributed by atoms with Crippen LogP contribution in [0.2, 0.25) is 0 Å². The average molecular weight is 435 g/mol. The smallest absolute Gasteiger partial charge is 0.0152 e. The Morgan fingerprint density at radius 3 is 1.62 bits per heavy atom. The van der Waals surface area contributed by atoms with Crippen LogP contribution in [-0.4, -0.2) is 0 Å².